The quantitative estimate of drug-likeness (QED) is 0.623. The van der Waals surface area contributed by atoms with Gasteiger partial charge < -0.3 is 14.2 Å². The molecule has 0 unspecified atom stereocenters. The molecule has 0 spiro atoms. The van der Waals surface area contributed by atoms with Crippen molar-refractivity contribution in [2.45, 2.75) is 32.5 Å². The Morgan fingerprint density at radius 1 is 1.47 bits per heavy atom. The normalized spacial score (nSPS) is 32.6. The van der Waals surface area contributed by atoms with Gasteiger partial charge in [0.25, 0.3) is 0 Å². The molecule has 3 aliphatic carbocycles. The minimum atomic E-state index is -3.42. The maximum Gasteiger partial charge on any atom is 0.362 e. The predicted octanol–water partition coefficient (Wildman–Crippen LogP) is 2.78. The molecule has 1 saturated carbocycles. The summed E-state index contributed by atoms with van der Waals surface area (Å²) in [5.41, 5.74) is 1.03. The molecule has 1 N–H and O–H groups in total. The first-order valence-electron chi connectivity index (χ1n) is 5.96. The van der Waals surface area contributed by atoms with E-state index in [1.165, 1.54) is 14.2 Å². The van der Waals surface area contributed by atoms with Gasteiger partial charge in [-0.05, 0) is 35.7 Å². The molecular formula is C12H21O4P. The number of aliphatic hydroxyl groups excluding tert-OH is 1. The lowest BCUT2D eigenvalue weighted by Gasteiger charge is -2.57. The van der Waals surface area contributed by atoms with E-state index in [2.05, 4.69) is 13.8 Å². The summed E-state index contributed by atoms with van der Waals surface area (Å²) in [7, 11) is -0.800. The average molecular weight is 260 g/mol. The summed E-state index contributed by atoms with van der Waals surface area (Å²) < 4.78 is 21.9. The summed E-state index contributed by atoms with van der Waals surface area (Å²) in [6, 6.07) is 0. The van der Waals surface area contributed by atoms with Crippen LogP contribution in [0.15, 0.2) is 11.6 Å². The molecule has 17 heavy (non-hydrogen) atoms. The van der Waals surface area contributed by atoms with Crippen LogP contribution in [0.25, 0.3) is 0 Å². The number of fused-ring (bicyclic) bond motifs is 1. The number of aliphatic hydroxyl groups is 1. The van der Waals surface area contributed by atoms with Gasteiger partial charge in [-0.1, -0.05) is 19.9 Å². The molecule has 3 aliphatic rings. The zero-order valence-corrected chi connectivity index (χ0v) is 11.7. The van der Waals surface area contributed by atoms with Crippen LogP contribution in [0, 0.1) is 17.3 Å². The van der Waals surface area contributed by atoms with Crippen LogP contribution < -0.4 is 0 Å². The molecule has 0 aliphatic heterocycles. The van der Waals surface area contributed by atoms with E-state index in [1.54, 1.807) is 0 Å². The van der Waals surface area contributed by atoms with Crippen molar-refractivity contribution in [3.05, 3.63) is 11.6 Å². The van der Waals surface area contributed by atoms with Crippen molar-refractivity contribution in [3.63, 3.8) is 0 Å². The van der Waals surface area contributed by atoms with Gasteiger partial charge in [0, 0.05) is 14.2 Å². The van der Waals surface area contributed by atoms with Crippen molar-refractivity contribution in [2.75, 3.05) is 14.2 Å². The molecule has 0 heterocycles. The Hall–Kier alpha value is -0.150. The average Bonchev–Trinajstić information content (AvgIpc) is 2.36. The summed E-state index contributed by atoms with van der Waals surface area (Å²) in [5, 5.41) is 10.2. The largest absolute Gasteiger partial charge is 0.376 e. The summed E-state index contributed by atoms with van der Waals surface area (Å²) in [4.78, 5) is 0. The molecule has 0 aromatic heterocycles. The van der Waals surface area contributed by atoms with Crippen LogP contribution in [0.2, 0.25) is 0 Å². The first-order valence-corrected chi connectivity index (χ1v) is 7.57. The monoisotopic (exact) mass is 260 g/mol. The van der Waals surface area contributed by atoms with E-state index >= 15 is 0 Å². The highest BCUT2D eigenvalue weighted by Crippen LogP contribution is 2.64. The fourth-order valence-corrected chi connectivity index (χ4v) is 4.34. The van der Waals surface area contributed by atoms with Crippen LogP contribution in [0.5, 0.6) is 0 Å². The summed E-state index contributed by atoms with van der Waals surface area (Å²) in [6.45, 7) is 4.41. The third kappa shape index (κ3) is 1.82. The van der Waals surface area contributed by atoms with Gasteiger partial charge in [-0.2, -0.15) is 0 Å². The van der Waals surface area contributed by atoms with Gasteiger partial charge in [0.05, 0.1) is 0 Å². The Labute approximate surface area is 103 Å². The third-order valence-corrected chi connectivity index (χ3v) is 6.53. The minimum absolute atomic E-state index is 0.192. The number of rotatable bonds is 4. The second-order valence-corrected chi connectivity index (χ2v) is 7.82. The number of allylic oxidation sites excluding steroid dienone is 1. The molecule has 0 radical (unpaired) electrons. The fourth-order valence-electron chi connectivity index (χ4n) is 3.14. The van der Waals surface area contributed by atoms with Crippen LogP contribution in [-0.2, 0) is 13.6 Å². The molecule has 3 rings (SSSR count). The Morgan fingerprint density at radius 2 is 2.06 bits per heavy atom. The summed E-state index contributed by atoms with van der Waals surface area (Å²) >= 11 is 0. The lowest BCUT2D eigenvalue weighted by atomic mass is 9.49. The molecule has 0 amide bonds. The van der Waals surface area contributed by atoms with E-state index in [4.69, 9.17) is 9.05 Å². The maximum atomic E-state index is 12.2. The molecule has 98 valence electrons. The van der Waals surface area contributed by atoms with Gasteiger partial charge in [0.1, 0.15) is 0 Å². The van der Waals surface area contributed by atoms with Crippen molar-refractivity contribution in [1.82, 2.24) is 0 Å². The summed E-state index contributed by atoms with van der Waals surface area (Å²) in [5.74, 6) is -0.133. The number of hydrogen-bond donors (Lipinski definition) is 1. The Balaban J connectivity index is 2.24. The van der Waals surface area contributed by atoms with Crippen LogP contribution >= 0.6 is 7.60 Å². The van der Waals surface area contributed by atoms with E-state index in [-0.39, 0.29) is 5.41 Å². The molecular weight excluding hydrogens is 239 g/mol. The second kappa shape index (κ2) is 4.20. The second-order valence-electron chi connectivity index (χ2n) is 5.53. The Morgan fingerprint density at radius 3 is 2.47 bits per heavy atom. The standard InChI is InChI=1S/C12H21O4P/c1-12(2)8-5-6-9(10(12)7-8)11(13)17(14,15-3)16-4/h6,8,10-11,13H,5,7H2,1-4H3/t8-,10-,11+/m1/s1. The zero-order chi connectivity index (χ0) is 12.8. The number of hydrogen-bond acceptors (Lipinski definition) is 4. The molecule has 0 saturated heterocycles. The smallest absolute Gasteiger partial charge is 0.362 e. The van der Waals surface area contributed by atoms with Gasteiger partial charge in [-0.3, -0.25) is 4.57 Å². The highest BCUT2D eigenvalue weighted by Gasteiger charge is 2.54. The minimum Gasteiger partial charge on any atom is -0.376 e. The first-order chi connectivity index (χ1) is 7.86. The van der Waals surface area contributed by atoms with Gasteiger partial charge >= 0.3 is 7.60 Å². The SMILES string of the molecule is COP(=O)(OC)[C@H](O)C1=CC[C@@H]2C[C@H]1C2(C)C. The van der Waals surface area contributed by atoms with Gasteiger partial charge in [-0.25, -0.2) is 0 Å². The predicted molar refractivity (Wildman–Crippen MR) is 65.7 cm³/mol. The molecule has 5 heteroatoms. The van der Waals surface area contributed by atoms with Gasteiger partial charge in [0.2, 0.25) is 0 Å². The molecule has 0 aromatic rings. The lowest BCUT2D eigenvalue weighted by Crippen LogP contribution is -2.50. The molecule has 2 bridgehead atoms. The van der Waals surface area contributed by atoms with E-state index in [1.807, 2.05) is 6.08 Å². The van der Waals surface area contributed by atoms with Crippen molar-refractivity contribution in [2.24, 2.45) is 17.3 Å². The van der Waals surface area contributed by atoms with Crippen LogP contribution in [0.4, 0.5) is 0 Å². The van der Waals surface area contributed by atoms with E-state index in [9.17, 15) is 9.67 Å². The van der Waals surface area contributed by atoms with Crippen molar-refractivity contribution in [1.29, 1.82) is 0 Å². The Kier molecular flexibility index (Phi) is 3.28. The molecule has 0 aromatic carbocycles. The Bertz CT molecular complexity index is 380. The van der Waals surface area contributed by atoms with Crippen LogP contribution in [0.3, 0.4) is 0 Å². The summed E-state index contributed by atoms with van der Waals surface area (Å²) in [6.07, 6.45) is 4.03. The maximum absolute atomic E-state index is 12.2. The molecule has 1 fully saturated rings. The first kappa shape index (κ1) is 13.3. The molecule has 4 nitrogen and oxygen atoms in total. The highest BCUT2D eigenvalue weighted by molar-refractivity contribution is 7.54. The van der Waals surface area contributed by atoms with Gasteiger partial charge in [0.15, 0.2) is 5.85 Å². The fraction of sp³-hybridized carbons (Fsp3) is 0.833. The van der Waals surface area contributed by atoms with Crippen LogP contribution in [0.1, 0.15) is 26.7 Å². The van der Waals surface area contributed by atoms with Crippen molar-refractivity contribution < 1.29 is 18.7 Å². The topological polar surface area (TPSA) is 55.8 Å². The van der Waals surface area contributed by atoms with Crippen molar-refractivity contribution in [3.8, 4) is 0 Å². The van der Waals surface area contributed by atoms with Crippen LogP contribution in [-0.4, -0.2) is 25.2 Å². The highest BCUT2D eigenvalue weighted by atomic mass is 31.2. The molecule has 3 atom stereocenters. The van der Waals surface area contributed by atoms with E-state index in [0.29, 0.717) is 11.8 Å². The zero-order valence-electron chi connectivity index (χ0n) is 10.8. The van der Waals surface area contributed by atoms with Crippen molar-refractivity contribution >= 4 is 7.60 Å². The lowest BCUT2D eigenvalue weighted by molar-refractivity contribution is -0.0172. The third-order valence-electron chi connectivity index (χ3n) is 4.62. The van der Waals surface area contributed by atoms with E-state index in [0.717, 1.165) is 18.4 Å². The van der Waals surface area contributed by atoms with Gasteiger partial charge in [-0.15, -0.1) is 0 Å². The van der Waals surface area contributed by atoms with E-state index < -0.39 is 13.4 Å².